The van der Waals surface area contributed by atoms with Gasteiger partial charge in [0.1, 0.15) is 23.9 Å². The number of nitrogens with one attached hydrogen (secondary N) is 2. The highest BCUT2D eigenvalue weighted by Crippen LogP contribution is 2.31. The number of benzene rings is 1. The van der Waals surface area contributed by atoms with E-state index in [0.717, 1.165) is 4.90 Å². The van der Waals surface area contributed by atoms with E-state index in [2.05, 4.69) is 10.3 Å². The molecule has 3 rings (SSSR count). The smallest absolute Gasteiger partial charge is 0.336 e. The molecule has 1 unspecified atom stereocenters. The summed E-state index contributed by atoms with van der Waals surface area (Å²) in [4.78, 5) is 43.6. The summed E-state index contributed by atoms with van der Waals surface area (Å²) in [5.41, 5.74) is -0.847. The van der Waals surface area contributed by atoms with Crippen molar-refractivity contribution < 1.29 is 31.9 Å². The number of aromatic nitrogens is 1. The summed E-state index contributed by atoms with van der Waals surface area (Å²) in [6, 6.07) is 2.00. The third-order valence-electron chi connectivity index (χ3n) is 6.38. The van der Waals surface area contributed by atoms with Crippen LogP contribution in [0.5, 0.6) is 0 Å². The zero-order valence-corrected chi connectivity index (χ0v) is 20.7. The number of nitriles is 1. The fraction of sp³-hybridized carbons (Fsp3) is 0.480. The van der Waals surface area contributed by atoms with Crippen LogP contribution in [-0.2, 0) is 14.4 Å². The largest absolute Gasteiger partial charge is 0.471 e. The SMILES string of the molecule is C[C@H]1CCN(C(=O)[C@@H](NC(=O)C(F)(F)F)C(C)(C)C)[C@@H]1C(=O)NC(C#N)c1cncc2ccc(F)cc12. The van der Waals surface area contributed by atoms with Crippen molar-refractivity contribution in [2.24, 2.45) is 11.3 Å². The van der Waals surface area contributed by atoms with Gasteiger partial charge in [-0.15, -0.1) is 0 Å². The Hall–Kier alpha value is -3.75. The predicted molar refractivity (Wildman–Crippen MR) is 125 cm³/mol. The van der Waals surface area contributed by atoms with Crippen LogP contribution in [0.2, 0.25) is 0 Å². The minimum Gasteiger partial charge on any atom is -0.336 e. The van der Waals surface area contributed by atoms with Gasteiger partial charge in [0.2, 0.25) is 11.8 Å². The lowest BCUT2D eigenvalue weighted by molar-refractivity contribution is -0.176. The number of alkyl halides is 3. The minimum absolute atomic E-state index is 0.0742. The third kappa shape index (κ3) is 5.98. The van der Waals surface area contributed by atoms with Gasteiger partial charge >= 0.3 is 12.1 Å². The molecule has 37 heavy (non-hydrogen) atoms. The lowest BCUT2D eigenvalue weighted by atomic mass is 9.85. The van der Waals surface area contributed by atoms with Crippen molar-refractivity contribution in [1.82, 2.24) is 20.5 Å². The van der Waals surface area contributed by atoms with Gasteiger partial charge in [-0.25, -0.2) is 4.39 Å². The van der Waals surface area contributed by atoms with E-state index >= 15 is 0 Å². The Bertz CT molecular complexity index is 1250. The number of rotatable bonds is 5. The Labute approximate surface area is 211 Å². The van der Waals surface area contributed by atoms with Gasteiger partial charge in [0, 0.05) is 29.9 Å². The highest BCUT2D eigenvalue weighted by Gasteiger charge is 2.48. The first-order valence-electron chi connectivity index (χ1n) is 11.6. The van der Waals surface area contributed by atoms with Gasteiger partial charge < -0.3 is 15.5 Å². The summed E-state index contributed by atoms with van der Waals surface area (Å²) >= 11 is 0. The average molecular weight is 522 g/mol. The van der Waals surface area contributed by atoms with E-state index in [9.17, 15) is 37.2 Å². The lowest BCUT2D eigenvalue weighted by Crippen LogP contribution is -2.60. The van der Waals surface area contributed by atoms with Gasteiger partial charge in [-0.05, 0) is 41.3 Å². The fourth-order valence-electron chi connectivity index (χ4n) is 4.42. The average Bonchev–Trinajstić information content (AvgIpc) is 3.20. The number of carbonyl (C=O) groups is 3. The van der Waals surface area contributed by atoms with E-state index in [4.69, 9.17) is 0 Å². The molecule has 2 heterocycles. The molecule has 0 bridgehead atoms. The second-order valence-corrected chi connectivity index (χ2v) is 10.2. The molecule has 1 aliphatic rings. The van der Waals surface area contributed by atoms with Crippen LogP contribution in [0.1, 0.15) is 45.7 Å². The van der Waals surface area contributed by atoms with Gasteiger partial charge in [0.15, 0.2) is 0 Å². The maximum Gasteiger partial charge on any atom is 0.471 e. The van der Waals surface area contributed by atoms with Crippen molar-refractivity contribution in [3.8, 4) is 6.07 Å². The Morgan fingerprint density at radius 1 is 1.16 bits per heavy atom. The number of halogens is 4. The molecule has 0 aliphatic carbocycles. The number of likely N-dealkylation sites (tertiary alicyclic amines) is 1. The number of hydrogen-bond donors (Lipinski definition) is 2. The molecule has 12 heteroatoms. The summed E-state index contributed by atoms with van der Waals surface area (Å²) in [5, 5.41) is 15.1. The van der Waals surface area contributed by atoms with Crippen LogP contribution < -0.4 is 10.6 Å². The van der Waals surface area contributed by atoms with Crippen molar-refractivity contribution in [2.45, 2.75) is 58.4 Å². The molecule has 1 saturated heterocycles. The van der Waals surface area contributed by atoms with E-state index < -0.39 is 53.3 Å². The van der Waals surface area contributed by atoms with Crippen molar-refractivity contribution in [1.29, 1.82) is 5.26 Å². The molecule has 2 N–H and O–H groups in total. The van der Waals surface area contributed by atoms with Crippen molar-refractivity contribution in [3.05, 3.63) is 42.0 Å². The van der Waals surface area contributed by atoms with Crippen LogP contribution in [-0.4, -0.2) is 52.4 Å². The highest BCUT2D eigenvalue weighted by molar-refractivity contribution is 5.94. The van der Waals surface area contributed by atoms with Crippen LogP contribution in [0.4, 0.5) is 17.6 Å². The first-order valence-corrected chi connectivity index (χ1v) is 11.6. The van der Waals surface area contributed by atoms with E-state index in [0.29, 0.717) is 17.2 Å². The predicted octanol–water partition coefficient (Wildman–Crippen LogP) is 3.38. The number of hydrogen-bond acceptors (Lipinski definition) is 5. The molecule has 1 aromatic heterocycles. The summed E-state index contributed by atoms with van der Waals surface area (Å²) in [5.74, 6) is -4.72. The van der Waals surface area contributed by atoms with Crippen molar-refractivity contribution in [2.75, 3.05) is 6.54 Å². The summed E-state index contributed by atoms with van der Waals surface area (Å²) < 4.78 is 52.7. The second kappa shape index (κ2) is 10.3. The monoisotopic (exact) mass is 521 g/mol. The Morgan fingerprint density at radius 2 is 1.84 bits per heavy atom. The molecular weight excluding hydrogens is 494 g/mol. The molecule has 0 spiro atoms. The van der Waals surface area contributed by atoms with Gasteiger partial charge in [0.25, 0.3) is 0 Å². The summed E-state index contributed by atoms with van der Waals surface area (Å²) in [6.45, 7) is 6.27. The minimum atomic E-state index is -5.19. The normalized spacial score (nSPS) is 19.7. The van der Waals surface area contributed by atoms with E-state index in [1.165, 1.54) is 51.4 Å². The van der Waals surface area contributed by atoms with Gasteiger partial charge in [-0.3, -0.25) is 19.4 Å². The van der Waals surface area contributed by atoms with Crippen LogP contribution in [0.15, 0.2) is 30.6 Å². The molecule has 2 aromatic rings. The number of nitrogens with zero attached hydrogens (tertiary/aromatic N) is 3. The molecule has 0 radical (unpaired) electrons. The maximum atomic E-state index is 13.9. The Balaban J connectivity index is 1.89. The van der Waals surface area contributed by atoms with E-state index in [-0.39, 0.29) is 18.0 Å². The van der Waals surface area contributed by atoms with Crippen LogP contribution in [0.25, 0.3) is 10.8 Å². The van der Waals surface area contributed by atoms with Crippen LogP contribution in [0.3, 0.4) is 0 Å². The van der Waals surface area contributed by atoms with Crippen LogP contribution >= 0.6 is 0 Å². The topological polar surface area (TPSA) is 115 Å². The number of carbonyl (C=O) groups excluding carboxylic acids is 3. The molecular formula is C25H27F4N5O3. The molecule has 8 nitrogen and oxygen atoms in total. The molecule has 0 saturated carbocycles. The molecule has 3 amide bonds. The molecule has 1 aliphatic heterocycles. The van der Waals surface area contributed by atoms with Gasteiger partial charge in [-0.1, -0.05) is 27.7 Å². The zero-order chi connectivity index (χ0) is 27.7. The van der Waals surface area contributed by atoms with Crippen molar-refractivity contribution >= 4 is 28.5 Å². The van der Waals surface area contributed by atoms with Crippen molar-refractivity contribution in [3.63, 3.8) is 0 Å². The lowest BCUT2D eigenvalue weighted by Gasteiger charge is -2.36. The van der Waals surface area contributed by atoms with Gasteiger partial charge in [-0.2, -0.15) is 18.4 Å². The number of amides is 3. The quantitative estimate of drug-likeness (QED) is 0.586. The van der Waals surface area contributed by atoms with E-state index in [1.807, 2.05) is 6.07 Å². The zero-order valence-electron chi connectivity index (χ0n) is 20.7. The first kappa shape index (κ1) is 27.8. The summed E-state index contributed by atoms with van der Waals surface area (Å²) in [6.07, 6.45) is -1.99. The fourth-order valence-corrected chi connectivity index (χ4v) is 4.42. The second-order valence-electron chi connectivity index (χ2n) is 10.2. The molecule has 198 valence electrons. The standard InChI is InChI=1S/C25H27F4N5O3/c1-13-7-8-34(22(36)20(24(2,3)4)33-23(37)25(27,28)29)19(13)21(35)32-18(10-30)17-12-31-11-14-5-6-15(26)9-16(14)17/h5-6,9,11-13,18-20H,7-8H2,1-4H3,(H,32,35)(H,33,37)/t13-,18?,19-,20+/m0/s1. The maximum absolute atomic E-state index is 13.9. The van der Waals surface area contributed by atoms with E-state index in [1.54, 1.807) is 12.2 Å². The molecule has 1 fully saturated rings. The third-order valence-corrected chi connectivity index (χ3v) is 6.38. The van der Waals surface area contributed by atoms with Crippen LogP contribution in [0, 0.1) is 28.5 Å². The molecule has 1 aromatic carbocycles. The number of fused-ring (bicyclic) bond motifs is 1. The highest BCUT2D eigenvalue weighted by atomic mass is 19.4. The molecule has 4 atom stereocenters. The Kier molecular flexibility index (Phi) is 7.76. The number of pyridine rings is 1. The Morgan fingerprint density at radius 3 is 2.43 bits per heavy atom. The summed E-state index contributed by atoms with van der Waals surface area (Å²) in [7, 11) is 0. The van der Waals surface area contributed by atoms with Gasteiger partial charge in [0.05, 0.1) is 6.07 Å². The first-order chi connectivity index (χ1) is 17.1.